The van der Waals surface area contributed by atoms with Crippen LogP contribution in [0.1, 0.15) is 53.3 Å². The van der Waals surface area contributed by atoms with Crippen LogP contribution in [0.2, 0.25) is 0 Å². The van der Waals surface area contributed by atoms with E-state index < -0.39 is 47.4 Å². The molecule has 3 heterocycles. The van der Waals surface area contributed by atoms with Gasteiger partial charge in [0, 0.05) is 36.0 Å². The molecule has 2 amide bonds. The number of hydrogen-bond acceptors (Lipinski definition) is 5. The van der Waals surface area contributed by atoms with Crippen LogP contribution < -0.4 is 5.32 Å². The molecule has 0 saturated heterocycles. The lowest BCUT2D eigenvalue weighted by atomic mass is 9.79. The lowest BCUT2D eigenvalue weighted by molar-refractivity contribution is -0.270. The summed E-state index contributed by atoms with van der Waals surface area (Å²) in [4.78, 5) is 37.1. The molecule has 0 radical (unpaired) electrons. The van der Waals surface area contributed by atoms with Gasteiger partial charge < -0.3 is 15.0 Å². The average molecular weight is 687 g/mol. The van der Waals surface area contributed by atoms with Crippen molar-refractivity contribution >= 4 is 28.5 Å². The van der Waals surface area contributed by atoms with Crippen molar-refractivity contribution in [1.82, 2.24) is 14.9 Å². The van der Waals surface area contributed by atoms with Crippen LogP contribution in [0.25, 0.3) is 10.9 Å². The van der Waals surface area contributed by atoms with Crippen LogP contribution in [0.4, 0.5) is 27.8 Å². The van der Waals surface area contributed by atoms with Gasteiger partial charge in [-0.05, 0) is 90.9 Å². The Morgan fingerprint density at radius 3 is 2.34 bits per heavy atom. The molecular weight excluding hydrogens is 655 g/mol. The fraction of sp³-hybridized carbons (Fsp3) is 0.263. The molecular formula is C38H31F5N4O3. The number of alkyl halides is 3. The van der Waals surface area contributed by atoms with E-state index >= 15 is 0 Å². The molecule has 5 aromatic rings. The first-order chi connectivity index (χ1) is 23.8. The summed E-state index contributed by atoms with van der Waals surface area (Å²) < 4.78 is 78.4. The summed E-state index contributed by atoms with van der Waals surface area (Å²) in [7, 11) is 0. The van der Waals surface area contributed by atoms with E-state index in [4.69, 9.17) is 4.74 Å². The minimum atomic E-state index is -5.15. The molecule has 2 aliphatic rings. The van der Waals surface area contributed by atoms with E-state index in [-0.39, 0.29) is 18.0 Å². The van der Waals surface area contributed by atoms with Crippen molar-refractivity contribution in [3.63, 3.8) is 0 Å². The van der Waals surface area contributed by atoms with Gasteiger partial charge in [0.25, 0.3) is 5.91 Å². The second-order valence-corrected chi connectivity index (χ2v) is 13.1. The molecule has 7 rings (SSSR count). The Balaban J connectivity index is 1.24. The van der Waals surface area contributed by atoms with Crippen LogP contribution in [0.5, 0.6) is 0 Å². The molecule has 0 fully saturated rings. The normalized spacial score (nSPS) is 18.4. The Labute approximate surface area is 284 Å². The first-order valence-electron chi connectivity index (χ1n) is 16.0. The topological polar surface area (TPSA) is 84.4 Å². The average Bonchev–Trinajstić information content (AvgIpc) is 3.59. The largest absolute Gasteiger partial charge is 0.426 e. The minimum absolute atomic E-state index is 0.0371. The van der Waals surface area contributed by atoms with Gasteiger partial charge in [0.15, 0.2) is 0 Å². The van der Waals surface area contributed by atoms with Crippen molar-refractivity contribution in [3.8, 4) is 0 Å². The third kappa shape index (κ3) is 5.77. The summed E-state index contributed by atoms with van der Waals surface area (Å²) in [5.41, 5.74) is -0.0870. The maximum Gasteiger partial charge on any atom is 0.426 e. The predicted octanol–water partition coefficient (Wildman–Crippen LogP) is 7.52. The summed E-state index contributed by atoms with van der Waals surface area (Å²) in [6.07, 6.45) is -1.21. The summed E-state index contributed by atoms with van der Waals surface area (Å²) in [5, 5.41) is 3.53. The number of rotatable bonds is 8. The maximum atomic E-state index is 14.8. The SMILES string of the molecule is C[C@H](c1cc(F)cc(F)c1)N(Cc1cnc2cc3c(cc2c1)C[C@@]1(C3)C(=O)Nc2ncccc21)C(=O)C(C)(OCc1ccccc1)C(F)(F)F. The third-order valence-electron chi connectivity index (χ3n) is 9.80. The zero-order valence-corrected chi connectivity index (χ0v) is 27.0. The van der Waals surface area contributed by atoms with E-state index in [2.05, 4.69) is 15.3 Å². The highest BCUT2D eigenvalue weighted by atomic mass is 19.4. The van der Waals surface area contributed by atoms with Gasteiger partial charge in [0.2, 0.25) is 11.5 Å². The van der Waals surface area contributed by atoms with Crippen LogP contribution in [0.15, 0.2) is 91.3 Å². The number of pyridine rings is 2. The molecule has 2 aromatic heterocycles. The molecule has 1 aliphatic heterocycles. The Hall–Kier alpha value is -5.23. The van der Waals surface area contributed by atoms with Gasteiger partial charge in [-0.1, -0.05) is 36.4 Å². The molecule has 1 N–H and O–H groups in total. The smallest absolute Gasteiger partial charge is 0.352 e. The van der Waals surface area contributed by atoms with Crippen molar-refractivity contribution in [2.75, 3.05) is 5.32 Å². The quantitative estimate of drug-likeness (QED) is 0.171. The van der Waals surface area contributed by atoms with Crippen LogP contribution >= 0.6 is 0 Å². The number of hydrogen-bond donors (Lipinski definition) is 1. The second kappa shape index (κ2) is 12.3. The van der Waals surface area contributed by atoms with Crippen molar-refractivity contribution in [2.24, 2.45) is 0 Å². The molecule has 1 aliphatic carbocycles. The summed E-state index contributed by atoms with van der Waals surface area (Å²) in [6.45, 7) is 1.17. The Morgan fingerprint density at radius 1 is 0.940 bits per heavy atom. The number of benzene rings is 3. The zero-order chi connectivity index (χ0) is 35.4. The van der Waals surface area contributed by atoms with Crippen molar-refractivity contribution in [2.45, 2.75) is 63.1 Å². The fourth-order valence-corrected chi connectivity index (χ4v) is 6.95. The monoisotopic (exact) mass is 686 g/mol. The number of aromatic nitrogens is 2. The van der Waals surface area contributed by atoms with Gasteiger partial charge in [-0.15, -0.1) is 0 Å². The zero-order valence-electron chi connectivity index (χ0n) is 27.0. The summed E-state index contributed by atoms with van der Waals surface area (Å²) in [6, 6.07) is 18.7. The number of fused-ring (bicyclic) bond motifs is 4. The predicted molar refractivity (Wildman–Crippen MR) is 175 cm³/mol. The molecule has 3 aromatic carbocycles. The molecule has 1 unspecified atom stereocenters. The van der Waals surface area contributed by atoms with E-state index in [1.807, 2.05) is 18.2 Å². The highest BCUT2D eigenvalue weighted by Gasteiger charge is 2.60. The maximum absolute atomic E-state index is 14.8. The van der Waals surface area contributed by atoms with E-state index in [0.717, 1.165) is 33.7 Å². The van der Waals surface area contributed by atoms with Crippen LogP contribution in [-0.4, -0.2) is 38.5 Å². The number of halogens is 5. The minimum Gasteiger partial charge on any atom is -0.352 e. The van der Waals surface area contributed by atoms with Gasteiger partial charge in [0.1, 0.15) is 17.5 Å². The van der Waals surface area contributed by atoms with Crippen LogP contribution in [0.3, 0.4) is 0 Å². The van der Waals surface area contributed by atoms with Crippen molar-refractivity contribution < 1.29 is 36.3 Å². The third-order valence-corrected chi connectivity index (χ3v) is 9.80. The fourth-order valence-electron chi connectivity index (χ4n) is 6.95. The van der Waals surface area contributed by atoms with Gasteiger partial charge in [-0.25, -0.2) is 13.8 Å². The molecule has 7 nitrogen and oxygen atoms in total. The van der Waals surface area contributed by atoms with Crippen molar-refractivity contribution in [1.29, 1.82) is 0 Å². The number of anilines is 1. The van der Waals surface area contributed by atoms with E-state index in [1.54, 1.807) is 48.7 Å². The van der Waals surface area contributed by atoms with Crippen LogP contribution in [-0.2, 0) is 45.7 Å². The Kier molecular flexibility index (Phi) is 8.17. The van der Waals surface area contributed by atoms with Crippen molar-refractivity contribution in [3.05, 3.63) is 136 Å². The van der Waals surface area contributed by atoms with E-state index in [0.29, 0.717) is 53.7 Å². The summed E-state index contributed by atoms with van der Waals surface area (Å²) in [5.74, 6) is -2.92. The van der Waals surface area contributed by atoms with Gasteiger partial charge in [-0.2, -0.15) is 13.2 Å². The van der Waals surface area contributed by atoms with Gasteiger partial charge in [-0.3, -0.25) is 14.6 Å². The highest BCUT2D eigenvalue weighted by molar-refractivity contribution is 6.06. The number of carbonyl (C=O) groups excluding carboxylic acids is 2. The number of nitrogens with one attached hydrogen (secondary N) is 1. The molecule has 0 saturated carbocycles. The molecule has 1 spiro atoms. The number of carbonyl (C=O) groups is 2. The Morgan fingerprint density at radius 2 is 1.64 bits per heavy atom. The summed E-state index contributed by atoms with van der Waals surface area (Å²) >= 11 is 0. The first-order valence-corrected chi connectivity index (χ1v) is 16.0. The first kappa shape index (κ1) is 33.3. The molecule has 0 bridgehead atoms. The standard InChI is InChI=1S/C38H31F5N4O3/c1-22(25-13-29(39)16-30(40)14-25)47(35(49)36(2,38(41,42)43)50-21-23-7-4-3-5-8-23)20-24-11-26-12-27-17-37(18-28(27)15-32(26)45-19-24)31-9-6-10-44-33(31)46-34(37)48/h3-16,19,22H,17-18,20-21H2,1-2H3,(H,44,46,48)/t22-,36?,37+/m1/s1. The Bertz CT molecular complexity index is 2120. The van der Waals surface area contributed by atoms with Gasteiger partial charge >= 0.3 is 6.18 Å². The number of ether oxygens (including phenoxy) is 1. The van der Waals surface area contributed by atoms with Gasteiger partial charge in [0.05, 0.1) is 23.6 Å². The highest BCUT2D eigenvalue weighted by Crippen LogP contribution is 2.47. The second-order valence-electron chi connectivity index (χ2n) is 13.1. The molecule has 50 heavy (non-hydrogen) atoms. The van der Waals surface area contributed by atoms with E-state index in [9.17, 15) is 31.5 Å². The lowest BCUT2D eigenvalue weighted by Crippen LogP contribution is -2.58. The number of amides is 2. The van der Waals surface area contributed by atoms with E-state index in [1.165, 1.54) is 13.1 Å². The molecule has 3 atom stereocenters. The molecule has 256 valence electrons. The lowest BCUT2D eigenvalue weighted by Gasteiger charge is -2.38. The molecule has 12 heteroatoms. The van der Waals surface area contributed by atoms with Crippen LogP contribution in [0, 0.1) is 11.6 Å². The number of nitrogens with zero attached hydrogens (tertiary/aromatic N) is 3.